The average Bonchev–Trinajstić information content (AvgIpc) is 2.36. The van der Waals surface area contributed by atoms with Gasteiger partial charge in [0.25, 0.3) is 0 Å². The van der Waals surface area contributed by atoms with Gasteiger partial charge in [-0.25, -0.2) is 0 Å². The summed E-state index contributed by atoms with van der Waals surface area (Å²) < 4.78 is 0. The Bertz CT molecular complexity index is 452. The SMILES string of the molecule is C=CC(C)(O)CC(O)/C=C(\C)CC(O)/C=C(\C)CCC=C(C)C. The highest BCUT2D eigenvalue weighted by Gasteiger charge is 2.19. The van der Waals surface area contributed by atoms with Crippen molar-refractivity contribution in [1.82, 2.24) is 0 Å². The van der Waals surface area contributed by atoms with Crippen molar-refractivity contribution in [3.8, 4) is 0 Å². The van der Waals surface area contributed by atoms with Gasteiger partial charge in [0.05, 0.1) is 17.8 Å². The van der Waals surface area contributed by atoms with Gasteiger partial charge in [-0.05, 0) is 53.9 Å². The minimum atomic E-state index is -1.09. The highest BCUT2D eigenvalue weighted by atomic mass is 16.3. The van der Waals surface area contributed by atoms with Crippen LogP contribution in [0.25, 0.3) is 0 Å². The third kappa shape index (κ3) is 12.0. The fourth-order valence-corrected chi connectivity index (χ4v) is 2.35. The van der Waals surface area contributed by atoms with Crippen molar-refractivity contribution in [3.63, 3.8) is 0 Å². The Morgan fingerprint density at radius 2 is 1.61 bits per heavy atom. The van der Waals surface area contributed by atoms with Crippen molar-refractivity contribution in [2.75, 3.05) is 0 Å². The number of rotatable bonds is 10. The van der Waals surface area contributed by atoms with Crippen molar-refractivity contribution in [2.24, 2.45) is 0 Å². The van der Waals surface area contributed by atoms with Gasteiger partial charge in [0.15, 0.2) is 0 Å². The minimum Gasteiger partial charge on any atom is -0.389 e. The second-order valence-corrected chi connectivity index (χ2v) is 6.95. The summed E-state index contributed by atoms with van der Waals surface area (Å²) in [5.41, 5.74) is 2.29. The summed E-state index contributed by atoms with van der Waals surface area (Å²) in [5, 5.41) is 29.9. The average molecular weight is 322 g/mol. The van der Waals surface area contributed by atoms with Crippen LogP contribution in [0.4, 0.5) is 0 Å². The molecule has 0 aromatic heterocycles. The molecule has 3 N–H and O–H groups in total. The zero-order chi connectivity index (χ0) is 18.0. The number of aliphatic hydroxyl groups excluding tert-OH is 2. The lowest BCUT2D eigenvalue weighted by Crippen LogP contribution is -2.26. The number of aliphatic hydroxyl groups is 3. The first-order valence-electron chi connectivity index (χ1n) is 8.26. The number of allylic oxidation sites excluding steroid dienone is 3. The molecule has 3 atom stereocenters. The van der Waals surface area contributed by atoms with E-state index in [1.54, 1.807) is 13.0 Å². The van der Waals surface area contributed by atoms with Gasteiger partial charge >= 0.3 is 0 Å². The molecule has 0 fully saturated rings. The fraction of sp³-hybridized carbons (Fsp3) is 0.600. The molecule has 0 aromatic rings. The maximum atomic E-state index is 10.1. The molecule has 0 bridgehead atoms. The molecule has 23 heavy (non-hydrogen) atoms. The van der Waals surface area contributed by atoms with Crippen molar-refractivity contribution in [2.45, 2.75) is 78.1 Å². The molecule has 0 amide bonds. The molecular weight excluding hydrogens is 288 g/mol. The van der Waals surface area contributed by atoms with E-state index >= 15 is 0 Å². The van der Waals surface area contributed by atoms with Crippen LogP contribution in [0.5, 0.6) is 0 Å². The van der Waals surface area contributed by atoms with Crippen molar-refractivity contribution < 1.29 is 15.3 Å². The Morgan fingerprint density at radius 3 is 2.13 bits per heavy atom. The Balaban J connectivity index is 4.47. The second kappa shape index (κ2) is 10.6. The molecule has 3 nitrogen and oxygen atoms in total. The third-order valence-electron chi connectivity index (χ3n) is 3.64. The summed E-state index contributed by atoms with van der Waals surface area (Å²) >= 11 is 0. The van der Waals surface area contributed by atoms with Crippen LogP contribution in [-0.2, 0) is 0 Å². The molecule has 0 spiro atoms. The van der Waals surface area contributed by atoms with Gasteiger partial charge in [-0.1, -0.05) is 41.0 Å². The predicted molar refractivity (Wildman–Crippen MR) is 98.2 cm³/mol. The quantitative estimate of drug-likeness (QED) is 0.531. The van der Waals surface area contributed by atoms with E-state index < -0.39 is 17.8 Å². The maximum Gasteiger partial charge on any atom is 0.0824 e. The van der Waals surface area contributed by atoms with Crippen LogP contribution in [0.3, 0.4) is 0 Å². The third-order valence-corrected chi connectivity index (χ3v) is 3.64. The van der Waals surface area contributed by atoms with Crippen LogP contribution in [0, 0.1) is 0 Å². The molecule has 132 valence electrons. The van der Waals surface area contributed by atoms with E-state index in [1.165, 1.54) is 11.6 Å². The monoisotopic (exact) mass is 322 g/mol. The standard InChI is InChI=1S/C20H34O3/c1-7-20(6,23)14-19(22)13-17(5)12-18(21)11-16(4)10-8-9-15(2)3/h7,9,11,13,18-19,21-23H,1,8,10,12,14H2,2-6H3/b16-11+,17-13+. The molecule has 0 rings (SSSR count). The summed E-state index contributed by atoms with van der Waals surface area (Å²) in [6.45, 7) is 13.2. The van der Waals surface area contributed by atoms with Crippen molar-refractivity contribution >= 4 is 0 Å². The first-order chi connectivity index (χ1) is 10.6. The molecule has 0 saturated heterocycles. The second-order valence-electron chi connectivity index (χ2n) is 6.95. The van der Waals surface area contributed by atoms with Crippen molar-refractivity contribution in [3.05, 3.63) is 47.6 Å². The normalized spacial score (nSPS) is 18.1. The van der Waals surface area contributed by atoms with Crippen LogP contribution >= 0.6 is 0 Å². The Labute approximate surface area is 141 Å². The lowest BCUT2D eigenvalue weighted by atomic mass is 9.96. The Morgan fingerprint density at radius 1 is 1.04 bits per heavy atom. The van der Waals surface area contributed by atoms with Crippen LogP contribution in [-0.4, -0.2) is 33.1 Å². The molecule has 0 saturated carbocycles. The van der Waals surface area contributed by atoms with Gasteiger partial charge < -0.3 is 15.3 Å². The van der Waals surface area contributed by atoms with Crippen molar-refractivity contribution in [1.29, 1.82) is 0 Å². The van der Waals surface area contributed by atoms with Gasteiger partial charge in [0, 0.05) is 6.42 Å². The number of hydrogen-bond donors (Lipinski definition) is 3. The van der Waals surface area contributed by atoms with E-state index in [0.29, 0.717) is 6.42 Å². The first kappa shape index (κ1) is 21.8. The zero-order valence-electron chi connectivity index (χ0n) is 15.3. The molecule has 3 unspecified atom stereocenters. The Kier molecular flexibility index (Phi) is 10.1. The van der Waals surface area contributed by atoms with Crippen LogP contribution in [0.2, 0.25) is 0 Å². The van der Waals surface area contributed by atoms with Gasteiger partial charge in [-0.3, -0.25) is 0 Å². The summed E-state index contributed by atoms with van der Waals surface area (Å²) in [6.07, 6.45) is 8.48. The van der Waals surface area contributed by atoms with Crippen LogP contribution in [0.15, 0.2) is 47.6 Å². The van der Waals surface area contributed by atoms with E-state index in [4.69, 9.17) is 0 Å². The summed E-state index contributed by atoms with van der Waals surface area (Å²) in [7, 11) is 0. The Hall–Kier alpha value is -1.16. The predicted octanol–water partition coefficient (Wildman–Crippen LogP) is 4.06. The molecule has 0 heterocycles. The summed E-state index contributed by atoms with van der Waals surface area (Å²) in [4.78, 5) is 0. The summed E-state index contributed by atoms with van der Waals surface area (Å²) in [6, 6.07) is 0. The van der Waals surface area contributed by atoms with E-state index in [-0.39, 0.29) is 6.42 Å². The lowest BCUT2D eigenvalue weighted by Gasteiger charge is -2.21. The highest BCUT2D eigenvalue weighted by molar-refractivity contribution is 5.11. The molecule has 0 radical (unpaired) electrons. The van der Waals surface area contributed by atoms with Gasteiger partial charge in [-0.15, -0.1) is 6.58 Å². The molecule has 0 aromatic carbocycles. The molecule has 0 aliphatic carbocycles. The molecule has 0 aliphatic rings. The lowest BCUT2D eigenvalue weighted by molar-refractivity contribution is 0.0573. The van der Waals surface area contributed by atoms with E-state index in [0.717, 1.165) is 24.0 Å². The van der Waals surface area contributed by atoms with E-state index in [9.17, 15) is 15.3 Å². The summed E-state index contributed by atoms with van der Waals surface area (Å²) in [5.74, 6) is 0. The van der Waals surface area contributed by atoms with E-state index in [2.05, 4.69) is 26.5 Å². The largest absolute Gasteiger partial charge is 0.389 e. The fourth-order valence-electron chi connectivity index (χ4n) is 2.35. The maximum absolute atomic E-state index is 10.1. The highest BCUT2D eigenvalue weighted by Crippen LogP contribution is 2.17. The molecule has 0 aliphatic heterocycles. The molecule has 3 heteroatoms. The minimum absolute atomic E-state index is 0.196. The van der Waals surface area contributed by atoms with Crippen LogP contribution in [0.1, 0.15) is 60.3 Å². The topological polar surface area (TPSA) is 60.7 Å². The molecular formula is C20H34O3. The van der Waals surface area contributed by atoms with Gasteiger partial charge in [-0.2, -0.15) is 0 Å². The number of hydrogen-bond acceptors (Lipinski definition) is 3. The van der Waals surface area contributed by atoms with Crippen LogP contribution < -0.4 is 0 Å². The zero-order valence-corrected chi connectivity index (χ0v) is 15.3. The van der Waals surface area contributed by atoms with E-state index in [1.807, 2.05) is 19.9 Å². The smallest absolute Gasteiger partial charge is 0.0824 e. The first-order valence-corrected chi connectivity index (χ1v) is 8.26. The van der Waals surface area contributed by atoms with Gasteiger partial charge in [0.2, 0.25) is 0 Å². The van der Waals surface area contributed by atoms with Gasteiger partial charge in [0.1, 0.15) is 0 Å².